The van der Waals surface area contributed by atoms with Gasteiger partial charge in [-0.15, -0.1) is 0 Å². The van der Waals surface area contributed by atoms with Gasteiger partial charge in [-0.3, -0.25) is 4.79 Å². The van der Waals surface area contributed by atoms with Gasteiger partial charge in [0.1, 0.15) is 0 Å². The highest BCUT2D eigenvalue weighted by atomic mass is 35.5. The second-order valence-electron chi connectivity index (χ2n) is 4.89. The summed E-state index contributed by atoms with van der Waals surface area (Å²) in [5.41, 5.74) is 2.69. The number of halogens is 1. The van der Waals surface area contributed by atoms with E-state index in [4.69, 9.17) is 11.6 Å². The first-order valence-corrected chi connectivity index (χ1v) is 7.15. The van der Waals surface area contributed by atoms with E-state index < -0.39 is 0 Å². The number of hydrogen-bond donors (Lipinski definition) is 1. The summed E-state index contributed by atoms with van der Waals surface area (Å²) in [7, 11) is 0. The van der Waals surface area contributed by atoms with Crippen LogP contribution >= 0.6 is 11.6 Å². The van der Waals surface area contributed by atoms with Crippen LogP contribution in [-0.4, -0.2) is 5.91 Å². The van der Waals surface area contributed by atoms with Gasteiger partial charge in [0, 0.05) is 16.3 Å². The molecule has 1 unspecified atom stereocenters. The summed E-state index contributed by atoms with van der Waals surface area (Å²) in [5.74, 6) is 0.411. The van der Waals surface area contributed by atoms with Crippen molar-refractivity contribution in [1.29, 1.82) is 0 Å². The van der Waals surface area contributed by atoms with Crippen LogP contribution in [0.3, 0.4) is 0 Å². The average molecular weight is 288 g/mol. The monoisotopic (exact) mass is 287 g/mol. The van der Waals surface area contributed by atoms with Crippen LogP contribution in [0.5, 0.6) is 0 Å². The molecule has 0 spiro atoms. The van der Waals surface area contributed by atoms with E-state index in [0.717, 1.165) is 12.1 Å². The fourth-order valence-electron chi connectivity index (χ4n) is 1.94. The van der Waals surface area contributed by atoms with Gasteiger partial charge in [-0.1, -0.05) is 37.6 Å². The molecule has 0 fully saturated rings. The van der Waals surface area contributed by atoms with Crippen molar-refractivity contribution in [3.63, 3.8) is 0 Å². The van der Waals surface area contributed by atoms with Crippen LogP contribution in [0.25, 0.3) is 0 Å². The lowest BCUT2D eigenvalue weighted by molar-refractivity contribution is 0.102. The van der Waals surface area contributed by atoms with Gasteiger partial charge < -0.3 is 5.32 Å². The molecule has 0 saturated heterocycles. The normalized spacial score (nSPS) is 11.9. The van der Waals surface area contributed by atoms with Crippen LogP contribution in [-0.2, 0) is 0 Å². The maximum Gasteiger partial charge on any atom is 0.255 e. The molecule has 0 radical (unpaired) electrons. The molecule has 2 aromatic rings. The molecule has 0 aliphatic carbocycles. The molecular weight excluding hydrogens is 270 g/mol. The molecule has 0 bridgehead atoms. The van der Waals surface area contributed by atoms with Gasteiger partial charge in [0.25, 0.3) is 5.91 Å². The Labute approximate surface area is 124 Å². The molecular formula is C17H18ClNO. The smallest absolute Gasteiger partial charge is 0.255 e. The zero-order valence-corrected chi connectivity index (χ0v) is 12.4. The Balaban J connectivity index is 2.06. The minimum atomic E-state index is -0.127. The number of anilines is 1. The SMILES string of the molecule is CCC(C)c1ccc(NC(=O)c2ccc(Cl)cc2)cc1. The summed E-state index contributed by atoms with van der Waals surface area (Å²) in [6, 6.07) is 14.9. The number of carbonyl (C=O) groups is 1. The van der Waals surface area contributed by atoms with E-state index in [1.807, 2.05) is 12.1 Å². The lowest BCUT2D eigenvalue weighted by Gasteiger charge is -2.10. The highest BCUT2D eigenvalue weighted by Gasteiger charge is 2.07. The Kier molecular flexibility index (Phi) is 4.80. The molecule has 20 heavy (non-hydrogen) atoms. The number of nitrogens with one attached hydrogen (secondary N) is 1. The molecule has 2 aromatic carbocycles. The number of rotatable bonds is 4. The molecule has 1 N–H and O–H groups in total. The first-order valence-electron chi connectivity index (χ1n) is 6.77. The molecule has 0 aromatic heterocycles. The lowest BCUT2D eigenvalue weighted by atomic mass is 9.98. The van der Waals surface area contributed by atoms with Crippen LogP contribution in [0, 0.1) is 0 Å². The Morgan fingerprint density at radius 3 is 2.25 bits per heavy atom. The van der Waals surface area contributed by atoms with Crippen molar-refractivity contribution < 1.29 is 4.79 Å². The zero-order chi connectivity index (χ0) is 14.5. The third-order valence-corrected chi connectivity index (χ3v) is 3.71. The summed E-state index contributed by atoms with van der Waals surface area (Å²) >= 11 is 5.81. The minimum absolute atomic E-state index is 0.127. The largest absolute Gasteiger partial charge is 0.322 e. The van der Waals surface area contributed by atoms with Gasteiger partial charge >= 0.3 is 0 Å². The van der Waals surface area contributed by atoms with E-state index in [0.29, 0.717) is 16.5 Å². The van der Waals surface area contributed by atoms with Gasteiger partial charge in [-0.2, -0.15) is 0 Å². The Hall–Kier alpha value is -1.80. The van der Waals surface area contributed by atoms with Crippen LogP contribution in [0.4, 0.5) is 5.69 Å². The van der Waals surface area contributed by atoms with Gasteiger partial charge in [-0.25, -0.2) is 0 Å². The van der Waals surface area contributed by atoms with Crippen LogP contribution in [0.1, 0.15) is 42.1 Å². The van der Waals surface area contributed by atoms with Crippen molar-refractivity contribution in [2.45, 2.75) is 26.2 Å². The Morgan fingerprint density at radius 1 is 1.10 bits per heavy atom. The van der Waals surface area contributed by atoms with Gasteiger partial charge in [0.2, 0.25) is 0 Å². The van der Waals surface area contributed by atoms with E-state index in [1.165, 1.54) is 5.56 Å². The van der Waals surface area contributed by atoms with Crippen molar-refractivity contribution in [1.82, 2.24) is 0 Å². The zero-order valence-electron chi connectivity index (χ0n) is 11.7. The highest BCUT2D eigenvalue weighted by molar-refractivity contribution is 6.30. The van der Waals surface area contributed by atoms with Crippen LogP contribution in [0.15, 0.2) is 48.5 Å². The number of carbonyl (C=O) groups excluding carboxylic acids is 1. The minimum Gasteiger partial charge on any atom is -0.322 e. The molecule has 0 saturated carbocycles. The van der Waals surface area contributed by atoms with Crippen molar-refractivity contribution in [3.05, 3.63) is 64.7 Å². The van der Waals surface area contributed by atoms with E-state index in [9.17, 15) is 4.79 Å². The van der Waals surface area contributed by atoms with E-state index in [1.54, 1.807) is 24.3 Å². The molecule has 3 heteroatoms. The fourth-order valence-corrected chi connectivity index (χ4v) is 2.06. The Morgan fingerprint density at radius 2 is 1.70 bits per heavy atom. The molecule has 1 atom stereocenters. The van der Waals surface area contributed by atoms with E-state index in [2.05, 4.69) is 31.3 Å². The topological polar surface area (TPSA) is 29.1 Å². The van der Waals surface area contributed by atoms with Crippen molar-refractivity contribution in [3.8, 4) is 0 Å². The maximum atomic E-state index is 12.0. The van der Waals surface area contributed by atoms with Crippen LogP contribution in [0.2, 0.25) is 5.02 Å². The standard InChI is InChI=1S/C17H18ClNO/c1-3-12(2)13-6-10-16(11-7-13)19-17(20)14-4-8-15(18)9-5-14/h4-12H,3H2,1-2H3,(H,19,20). The number of amides is 1. The van der Waals surface area contributed by atoms with Gasteiger partial charge in [0.15, 0.2) is 0 Å². The van der Waals surface area contributed by atoms with Crippen LogP contribution < -0.4 is 5.32 Å². The third-order valence-electron chi connectivity index (χ3n) is 3.46. The average Bonchev–Trinajstić information content (AvgIpc) is 2.48. The molecule has 2 rings (SSSR count). The van der Waals surface area contributed by atoms with Gasteiger partial charge in [0.05, 0.1) is 0 Å². The number of benzene rings is 2. The Bertz CT molecular complexity index is 575. The number of hydrogen-bond acceptors (Lipinski definition) is 1. The quantitative estimate of drug-likeness (QED) is 0.832. The second-order valence-corrected chi connectivity index (χ2v) is 5.33. The molecule has 0 aliphatic heterocycles. The first-order chi connectivity index (χ1) is 9.60. The molecule has 104 valence electrons. The molecule has 1 amide bonds. The lowest BCUT2D eigenvalue weighted by Crippen LogP contribution is -2.11. The highest BCUT2D eigenvalue weighted by Crippen LogP contribution is 2.21. The van der Waals surface area contributed by atoms with Gasteiger partial charge in [-0.05, 0) is 54.3 Å². The molecule has 0 aliphatic rings. The molecule has 0 heterocycles. The summed E-state index contributed by atoms with van der Waals surface area (Å²) in [6.07, 6.45) is 1.11. The van der Waals surface area contributed by atoms with E-state index >= 15 is 0 Å². The molecule has 2 nitrogen and oxygen atoms in total. The first kappa shape index (κ1) is 14.6. The summed E-state index contributed by atoms with van der Waals surface area (Å²) in [6.45, 7) is 4.36. The predicted octanol–water partition coefficient (Wildman–Crippen LogP) is 5.11. The maximum absolute atomic E-state index is 12.0. The fraction of sp³-hybridized carbons (Fsp3) is 0.235. The summed E-state index contributed by atoms with van der Waals surface area (Å²) in [4.78, 5) is 12.0. The van der Waals surface area contributed by atoms with Crippen molar-refractivity contribution in [2.24, 2.45) is 0 Å². The predicted molar refractivity (Wildman–Crippen MR) is 84.6 cm³/mol. The summed E-state index contributed by atoms with van der Waals surface area (Å²) < 4.78 is 0. The van der Waals surface area contributed by atoms with Crippen molar-refractivity contribution in [2.75, 3.05) is 5.32 Å². The third kappa shape index (κ3) is 3.61. The van der Waals surface area contributed by atoms with E-state index in [-0.39, 0.29) is 5.91 Å². The summed E-state index contributed by atoms with van der Waals surface area (Å²) in [5, 5.41) is 3.50. The second kappa shape index (κ2) is 6.58. The van der Waals surface area contributed by atoms with Crippen molar-refractivity contribution >= 4 is 23.2 Å².